The van der Waals surface area contributed by atoms with Gasteiger partial charge in [0.25, 0.3) is 0 Å². The summed E-state index contributed by atoms with van der Waals surface area (Å²) in [4.78, 5) is 0. The van der Waals surface area contributed by atoms with Gasteiger partial charge in [0.2, 0.25) is 0 Å². The fourth-order valence-corrected chi connectivity index (χ4v) is 3.37. The third kappa shape index (κ3) is 3.72. The molecule has 0 aromatic heterocycles. The molecule has 0 aliphatic heterocycles. The van der Waals surface area contributed by atoms with E-state index in [1.807, 2.05) is 44.2 Å². The van der Waals surface area contributed by atoms with Crippen LogP contribution in [0.3, 0.4) is 0 Å². The fraction of sp³-hybridized carbons (Fsp3) is 0.154. The summed E-state index contributed by atoms with van der Waals surface area (Å²) < 4.78 is 12.4. The number of benzene rings is 4. The zero-order valence-corrected chi connectivity index (χ0v) is 16.5. The van der Waals surface area contributed by atoms with Crippen LogP contribution in [0.15, 0.2) is 84.9 Å². The quantitative estimate of drug-likeness (QED) is 0.365. The summed E-state index contributed by atoms with van der Waals surface area (Å²) in [6.07, 6.45) is 0.101. The Morgan fingerprint density at radius 2 is 1.39 bits per heavy atom. The molecule has 0 atom stereocenters. The van der Waals surface area contributed by atoms with E-state index in [1.165, 1.54) is 11.1 Å². The smallest absolute Gasteiger partial charge is 0.141 e. The van der Waals surface area contributed by atoms with Crippen LogP contribution in [0.4, 0.5) is 0 Å². The standard InChI is InChI=1S/C26H24O2/c1-18(2)27-24-11-7-10-22-13-12-19(3)26(25(22)24)28-23-16-14-21(15-17-23)20-8-5-4-6-9-20/h4-18H,1-3H3. The lowest BCUT2D eigenvalue weighted by molar-refractivity contribution is 0.245. The molecule has 0 amide bonds. The largest absolute Gasteiger partial charge is 0.490 e. The topological polar surface area (TPSA) is 18.5 Å². The molecule has 4 aromatic carbocycles. The molecular weight excluding hydrogens is 344 g/mol. The predicted molar refractivity (Wildman–Crippen MR) is 116 cm³/mol. The third-order valence-electron chi connectivity index (χ3n) is 4.70. The lowest BCUT2D eigenvalue weighted by Crippen LogP contribution is -2.06. The van der Waals surface area contributed by atoms with E-state index in [2.05, 4.69) is 61.5 Å². The van der Waals surface area contributed by atoms with Crippen molar-refractivity contribution in [3.8, 4) is 28.4 Å². The molecule has 0 unspecified atom stereocenters. The Bertz CT molecular complexity index is 1080. The van der Waals surface area contributed by atoms with Crippen LogP contribution in [0.1, 0.15) is 19.4 Å². The molecule has 4 rings (SSSR count). The number of rotatable bonds is 5. The van der Waals surface area contributed by atoms with E-state index in [9.17, 15) is 0 Å². The highest BCUT2D eigenvalue weighted by Crippen LogP contribution is 2.39. The van der Waals surface area contributed by atoms with Gasteiger partial charge in [0.15, 0.2) is 0 Å². The first kappa shape index (κ1) is 18.1. The molecule has 2 nitrogen and oxygen atoms in total. The fourth-order valence-electron chi connectivity index (χ4n) is 3.37. The van der Waals surface area contributed by atoms with Gasteiger partial charge in [0.1, 0.15) is 17.2 Å². The number of fused-ring (bicyclic) bond motifs is 1. The van der Waals surface area contributed by atoms with Crippen LogP contribution < -0.4 is 9.47 Å². The molecule has 2 heteroatoms. The Morgan fingerprint density at radius 3 is 2.11 bits per heavy atom. The van der Waals surface area contributed by atoms with Crippen molar-refractivity contribution in [2.75, 3.05) is 0 Å². The molecule has 0 fully saturated rings. The van der Waals surface area contributed by atoms with Crippen LogP contribution in [-0.4, -0.2) is 6.10 Å². The zero-order valence-electron chi connectivity index (χ0n) is 16.5. The molecule has 0 saturated heterocycles. The summed E-state index contributed by atoms with van der Waals surface area (Å²) in [5.74, 6) is 2.52. The minimum absolute atomic E-state index is 0.101. The van der Waals surface area contributed by atoms with Gasteiger partial charge in [-0.15, -0.1) is 0 Å². The van der Waals surface area contributed by atoms with Crippen LogP contribution in [0, 0.1) is 6.92 Å². The van der Waals surface area contributed by atoms with E-state index in [0.717, 1.165) is 33.6 Å². The van der Waals surface area contributed by atoms with Crippen molar-refractivity contribution >= 4 is 10.8 Å². The van der Waals surface area contributed by atoms with Gasteiger partial charge in [-0.05, 0) is 61.0 Å². The molecular formula is C26H24O2. The number of ether oxygens (including phenoxy) is 2. The molecule has 4 aromatic rings. The van der Waals surface area contributed by atoms with Crippen molar-refractivity contribution in [3.05, 3.63) is 90.5 Å². The second-order valence-corrected chi connectivity index (χ2v) is 7.22. The molecule has 0 heterocycles. The monoisotopic (exact) mass is 368 g/mol. The van der Waals surface area contributed by atoms with Crippen molar-refractivity contribution in [1.82, 2.24) is 0 Å². The molecule has 0 aliphatic carbocycles. The van der Waals surface area contributed by atoms with Crippen molar-refractivity contribution in [3.63, 3.8) is 0 Å². The molecule has 0 bridgehead atoms. The van der Waals surface area contributed by atoms with E-state index in [-0.39, 0.29) is 6.10 Å². The van der Waals surface area contributed by atoms with Gasteiger partial charge in [-0.3, -0.25) is 0 Å². The molecule has 0 spiro atoms. The number of aryl methyl sites for hydroxylation is 1. The highest BCUT2D eigenvalue weighted by atomic mass is 16.5. The molecule has 0 N–H and O–H groups in total. The average molecular weight is 368 g/mol. The average Bonchev–Trinajstić information content (AvgIpc) is 2.71. The summed E-state index contributed by atoms with van der Waals surface area (Å²) in [5, 5.41) is 2.13. The second kappa shape index (κ2) is 7.77. The maximum Gasteiger partial charge on any atom is 0.141 e. The lowest BCUT2D eigenvalue weighted by atomic mass is 10.0. The van der Waals surface area contributed by atoms with Gasteiger partial charge in [-0.1, -0.05) is 66.7 Å². The number of hydrogen-bond donors (Lipinski definition) is 0. The van der Waals surface area contributed by atoms with Crippen molar-refractivity contribution in [1.29, 1.82) is 0 Å². The van der Waals surface area contributed by atoms with E-state index in [0.29, 0.717) is 0 Å². The third-order valence-corrected chi connectivity index (χ3v) is 4.70. The first-order valence-corrected chi connectivity index (χ1v) is 9.64. The summed E-state index contributed by atoms with van der Waals surface area (Å²) in [5.41, 5.74) is 3.45. The van der Waals surface area contributed by atoms with Crippen molar-refractivity contribution < 1.29 is 9.47 Å². The molecule has 0 radical (unpaired) electrons. The van der Waals surface area contributed by atoms with E-state index in [4.69, 9.17) is 9.47 Å². The summed E-state index contributed by atoms with van der Waals surface area (Å²) in [7, 11) is 0. The maximum absolute atomic E-state index is 6.36. The molecule has 140 valence electrons. The van der Waals surface area contributed by atoms with E-state index < -0.39 is 0 Å². The van der Waals surface area contributed by atoms with Gasteiger partial charge in [-0.2, -0.15) is 0 Å². The Hall–Kier alpha value is -3.26. The van der Waals surface area contributed by atoms with Crippen LogP contribution in [0.2, 0.25) is 0 Å². The van der Waals surface area contributed by atoms with Gasteiger partial charge < -0.3 is 9.47 Å². The lowest BCUT2D eigenvalue weighted by Gasteiger charge is -2.17. The predicted octanol–water partition coefficient (Wildman–Crippen LogP) is 7.39. The maximum atomic E-state index is 6.36. The van der Waals surface area contributed by atoms with E-state index in [1.54, 1.807) is 0 Å². The highest BCUT2D eigenvalue weighted by Gasteiger charge is 2.13. The van der Waals surface area contributed by atoms with Gasteiger partial charge in [0.05, 0.1) is 11.5 Å². The van der Waals surface area contributed by atoms with Crippen molar-refractivity contribution in [2.24, 2.45) is 0 Å². The summed E-state index contributed by atoms with van der Waals surface area (Å²) in [6.45, 7) is 6.15. The van der Waals surface area contributed by atoms with Crippen molar-refractivity contribution in [2.45, 2.75) is 26.9 Å². The van der Waals surface area contributed by atoms with Crippen LogP contribution >= 0.6 is 0 Å². The SMILES string of the molecule is Cc1ccc2cccc(OC(C)C)c2c1Oc1ccc(-c2ccccc2)cc1. The zero-order chi connectivity index (χ0) is 19.5. The van der Waals surface area contributed by atoms with Gasteiger partial charge in [-0.25, -0.2) is 0 Å². The van der Waals surface area contributed by atoms with Crippen LogP contribution in [0.25, 0.3) is 21.9 Å². The van der Waals surface area contributed by atoms with Gasteiger partial charge in [0, 0.05) is 0 Å². The molecule has 0 aliphatic rings. The Kier molecular flexibility index (Phi) is 5.03. The summed E-state index contributed by atoms with van der Waals surface area (Å²) >= 11 is 0. The molecule has 28 heavy (non-hydrogen) atoms. The first-order chi connectivity index (χ1) is 13.6. The van der Waals surface area contributed by atoms with Gasteiger partial charge >= 0.3 is 0 Å². The Labute approximate surface area is 166 Å². The second-order valence-electron chi connectivity index (χ2n) is 7.22. The summed E-state index contributed by atoms with van der Waals surface area (Å²) in [6, 6.07) is 28.9. The minimum atomic E-state index is 0.101. The highest BCUT2D eigenvalue weighted by molar-refractivity contribution is 5.95. The van der Waals surface area contributed by atoms with Crippen LogP contribution in [0.5, 0.6) is 17.2 Å². The minimum Gasteiger partial charge on any atom is -0.490 e. The Morgan fingerprint density at radius 1 is 0.679 bits per heavy atom. The normalized spacial score (nSPS) is 11.0. The van der Waals surface area contributed by atoms with Crippen LogP contribution in [-0.2, 0) is 0 Å². The molecule has 0 saturated carbocycles. The number of hydrogen-bond acceptors (Lipinski definition) is 2. The van der Waals surface area contributed by atoms with E-state index >= 15 is 0 Å². The Balaban J connectivity index is 1.72. The first-order valence-electron chi connectivity index (χ1n) is 9.64.